The van der Waals surface area contributed by atoms with Crippen LogP contribution in [-0.4, -0.2) is 51.9 Å². The molecule has 0 aromatic heterocycles. The monoisotopic (exact) mass is 343 g/mol. The number of hydrogen-bond donors (Lipinski definition) is 3. The van der Waals surface area contributed by atoms with Gasteiger partial charge < -0.3 is 15.8 Å². The summed E-state index contributed by atoms with van der Waals surface area (Å²) in [5.41, 5.74) is 5.48. The van der Waals surface area contributed by atoms with E-state index in [-0.39, 0.29) is 49.2 Å². The van der Waals surface area contributed by atoms with Gasteiger partial charge in [-0.25, -0.2) is 13.1 Å². The molecule has 1 amide bonds. The van der Waals surface area contributed by atoms with Gasteiger partial charge in [0.25, 0.3) is 0 Å². The highest BCUT2D eigenvalue weighted by molar-refractivity contribution is 7.89. The van der Waals surface area contributed by atoms with E-state index in [9.17, 15) is 13.2 Å². The Labute approximate surface area is 132 Å². The SMILES string of the molecule is CC(N)CC(=O)NCCS(=O)(=O)NCC1CCCCO1.Cl. The Bertz CT molecular complexity index is 397. The highest BCUT2D eigenvalue weighted by Crippen LogP contribution is 2.11. The van der Waals surface area contributed by atoms with E-state index in [0.717, 1.165) is 19.3 Å². The number of carbonyl (C=O) groups is 1. The Morgan fingerprint density at radius 2 is 2.14 bits per heavy atom. The average molecular weight is 344 g/mol. The number of amides is 1. The minimum Gasteiger partial charge on any atom is -0.377 e. The van der Waals surface area contributed by atoms with Crippen LogP contribution in [-0.2, 0) is 19.6 Å². The first-order chi connectivity index (χ1) is 9.39. The predicted octanol–water partition coefficient (Wildman–Crippen LogP) is -0.250. The molecule has 0 aromatic rings. The van der Waals surface area contributed by atoms with Gasteiger partial charge in [-0.15, -0.1) is 12.4 Å². The van der Waals surface area contributed by atoms with Crippen molar-refractivity contribution in [1.82, 2.24) is 10.0 Å². The van der Waals surface area contributed by atoms with Gasteiger partial charge in [0.05, 0.1) is 11.9 Å². The summed E-state index contributed by atoms with van der Waals surface area (Å²) < 4.78 is 31.4. The van der Waals surface area contributed by atoms with Crippen LogP contribution >= 0.6 is 12.4 Å². The van der Waals surface area contributed by atoms with Crippen molar-refractivity contribution in [3.05, 3.63) is 0 Å². The predicted molar refractivity (Wildman–Crippen MR) is 83.9 cm³/mol. The van der Waals surface area contributed by atoms with Gasteiger partial charge in [-0.05, 0) is 26.2 Å². The van der Waals surface area contributed by atoms with Crippen molar-refractivity contribution >= 4 is 28.3 Å². The smallest absolute Gasteiger partial charge is 0.221 e. The van der Waals surface area contributed by atoms with Crippen molar-refractivity contribution < 1.29 is 17.9 Å². The lowest BCUT2D eigenvalue weighted by Crippen LogP contribution is -2.39. The molecular weight excluding hydrogens is 318 g/mol. The number of rotatable bonds is 8. The number of halogens is 1. The zero-order chi connectivity index (χ0) is 15.0. The lowest BCUT2D eigenvalue weighted by Gasteiger charge is -2.22. The largest absolute Gasteiger partial charge is 0.377 e. The number of nitrogens with two attached hydrogens (primary N) is 1. The van der Waals surface area contributed by atoms with Gasteiger partial charge in [-0.1, -0.05) is 0 Å². The molecule has 1 saturated heterocycles. The number of carbonyl (C=O) groups excluding carboxylic acids is 1. The number of hydrogen-bond acceptors (Lipinski definition) is 5. The second-order valence-electron chi connectivity index (χ2n) is 5.19. The average Bonchev–Trinajstić information content (AvgIpc) is 2.36. The lowest BCUT2D eigenvalue weighted by molar-refractivity contribution is -0.121. The summed E-state index contributed by atoms with van der Waals surface area (Å²) in [4.78, 5) is 11.3. The van der Waals surface area contributed by atoms with Gasteiger partial charge >= 0.3 is 0 Å². The van der Waals surface area contributed by atoms with Crippen molar-refractivity contribution in [2.75, 3.05) is 25.4 Å². The third kappa shape index (κ3) is 10.0. The molecule has 0 radical (unpaired) electrons. The van der Waals surface area contributed by atoms with E-state index in [0.29, 0.717) is 13.2 Å². The molecule has 1 rings (SSSR count). The van der Waals surface area contributed by atoms with Crippen LogP contribution < -0.4 is 15.8 Å². The zero-order valence-corrected chi connectivity index (χ0v) is 14.0. The van der Waals surface area contributed by atoms with E-state index in [1.54, 1.807) is 6.92 Å². The molecule has 2 unspecified atom stereocenters. The van der Waals surface area contributed by atoms with Crippen LogP contribution in [0.25, 0.3) is 0 Å². The second-order valence-corrected chi connectivity index (χ2v) is 7.11. The summed E-state index contributed by atoms with van der Waals surface area (Å²) in [7, 11) is -3.38. The van der Waals surface area contributed by atoms with Gasteiger partial charge in [0.2, 0.25) is 15.9 Å². The van der Waals surface area contributed by atoms with Crippen LogP contribution in [0.3, 0.4) is 0 Å². The summed E-state index contributed by atoms with van der Waals surface area (Å²) in [5, 5.41) is 2.54. The molecule has 2 atom stereocenters. The molecule has 1 heterocycles. The number of nitrogens with one attached hydrogen (secondary N) is 2. The maximum atomic E-state index is 11.7. The number of sulfonamides is 1. The van der Waals surface area contributed by atoms with Crippen molar-refractivity contribution in [3.8, 4) is 0 Å². The molecule has 0 aromatic carbocycles. The highest BCUT2D eigenvalue weighted by Gasteiger charge is 2.17. The van der Waals surface area contributed by atoms with Crippen LogP contribution in [0.4, 0.5) is 0 Å². The third-order valence-corrected chi connectivity index (χ3v) is 4.35. The molecule has 0 aliphatic carbocycles. The van der Waals surface area contributed by atoms with E-state index >= 15 is 0 Å². The minimum atomic E-state index is -3.38. The maximum absolute atomic E-state index is 11.7. The van der Waals surface area contributed by atoms with Gasteiger partial charge in [0.1, 0.15) is 0 Å². The van der Waals surface area contributed by atoms with Gasteiger partial charge in [-0.3, -0.25) is 4.79 Å². The van der Waals surface area contributed by atoms with Crippen LogP contribution in [0.2, 0.25) is 0 Å². The topological polar surface area (TPSA) is 111 Å². The van der Waals surface area contributed by atoms with Crippen molar-refractivity contribution in [2.24, 2.45) is 5.73 Å². The Hall–Kier alpha value is -0.410. The van der Waals surface area contributed by atoms with E-state index in [1.807, 2.05) is 0 Å². The van der Waals surface area contributed by atoms with Gasteiger partial charge in [0.15, 0.2) is 0 Å². The zero-order valence-electron chi connectivity index (χ0n) is 12.3. The van der Waals surface area contributed by atoms with Crippen molar-refractivity contribution in [2.45, 2.75) is 44.8 Å². The summed E-state index contributed by atoms with van der Waals surface area (Å²) in [5.74, 6) is -0.365. The first kappa shape index (κ1) is 20.6. The molecule has 0 bridgehead atoms. The molecule has 1 aliphatic heterocycles. The van der Waals surface area contributed by atoms with E-state index in [4.69, 9.17) is 10.5 Å². The molecule has 1 aliphatic rings. The second kappa shape index (κ2) is 10.3. The molecule has 9 heteroatoms. The highest BCUT2D eigenvalue weighted by atomic mass is 35.5. The molecule has 0 spiro atoms. The fourth-order valence-electron chi connectivity index (χ4n) is 1.95. The van der Waals surface area contributed by atoms with Crippen LogP contribution in [0.5, 0.6) is 0 Å². The van der Waals surface area contributed by atoms with E-state index in [1.165, 1.54) is 0 Å². The third-order valence-electron chi connectivity index (χ3n) is 3.01. The Morgan fingerprint density at radius 3 is 2.71 bits per heavy atom. The van der Waals surface area contributed by atoms with Crippen LogP contribution in [0.15, 0.2) is 0 Å². The maximum Gasteiger partial charge on any atom is 0.221 e. The quantitative estimate of drug-likeness (QED) is 0.563. The molecule has 1 fully saturated rings. The van der Waals surface area contributed by atoms with Crippen LogP contribution in [0, 0.1) is 0 Å². The first-order valence-corrected chi connectivity index (χ1v) is 8.65. The summed E-state index contributed by atoms with van der Waals surface area (Å²) in [6.45, 7) is 2.81. The Kier molecular flexibility index (Phi) is 10.1. The molecule has 4 N–H and O–H groups in total. The van der Waals surface area contributed by atoms with Gasteiger partial charge in [-0.2, -0.15) is 0 Å². The minimum absolute atomic E-state index is 0. The fourth-order valence-corrected chi connectivity index (χ4v) is 2.90. The van der Waals surface area contributed by atoms with E-state index < -0.39 is 10.0 Å². The van der Waals surface area contributed by atoms with Crippen molar-refractivity contribution in [1.29, 1.82) is 0 Å². The van der Waals surface area contributed by atoms with Crippen LogP contribution in [0.1, 0.15) is 32.6 Å². The molecule has 21 heavy (non-hydrogen) atoms. The summed E-state index contributed by atoms with van der Waals surface area (Å²) in [6.07, 6.45) is 3.15. The number of ether oxygens (including phenoxy) is 1. The Morgan fingerprint density at radius 1 is 1.43 bits per heavy atom. The standard InChI is InChI=1S/C12H25N3O4S.ClH/c1-10(13)8-12(16)14-5-7-20(17,18)15-9-11-4-2-3-6-19-11;/h10-11,15H,2-9,13H2,1H3,(H,14,16);1H. The summed E-state index contributed by atoms with van der Waals surface area (Å²) >= 11 is 0. The van der Waals surface area contributed by atoms with Gasteiger partial charge in [0, 0.05) is 32.2 Å². The lowest BCUT2D eigenvalue weighted by atomic mass is 10.1. The Balaban J connectivity index is 0.00000400. The molecule has 0 saturated carbocycles. The molecule has 7 nitrogen and oxygen atoms in total. The fraction of sp³-hybridized carbons (Fsp3) is 0.917. The molecular formula is C12H26ClN3O4S. The van der Waals surface area contributed by atoms with Crippen molar-refractivity contribution in [3.63, 3.8) is 0 Å². The first-order valence-electron chi connectivity index (χ1n) is 7.00. The summed E-state index contributed by atoms with van der Waals surface area (Å²) in [6, 6.07) is -0.229. The molecule has 126 valence electrons. The normalized spacial score (nSPS) is 20.4. The van der Waals surface area contributed by atoms with E-state index in [2.05, 4.69) is 10.0 Å².